The van der Waals surface area contributed by atoms with Crippen molar-refractivity contribution in [1.29, 1.82) is 0 Å². The normalized spacial score (nSPS) is 15.6. The Morgan fingerprint density at radius 2 is 1.50 bits per heavy atom. The van der Waals surface area contributed by atoms with E-state index in [0.29, 0.717) is 0 Å². The maximum Gasteiger partial charge on any atom is 0.212 e. The lowest BCUT2D eigenvalue weighted by atomic mass is 9.81. The van der Waals surface area contributed by atoms with Gasteiger partial charge < -0.3 is 0 Å². The smallest absolute Gasteiger partial charge is 0.202 e. The van der Waals surface area contributed by atoms with Crippen LogP contribution in [0.3, 0.4) is 0 Å². The SMILES string of the molecule is C.CC.CC1=[N+](C)c2c(C)cc(C)cc2C1(C)C. The zero-order valence-corrected chi connectivity index (χ0v) is 12.6. The monoisotopic (exact) mass is 248 g/mol. The zero-order chi connectivity index (χ0) is 13.4. The second kappa shape index (κ2) is 5.69. The standard InChI is InChI=1S/C14H20N.C2H6.CH4/c1-9-7-10(2)13-12(8-9)14(4,5)11(3)15(13)6;1-2;/h7-8H,1-6H3;1-2H3;1H4/q+1;;. The van der Waals surface area contributed by atoms with Crippen LogP contribution in [0.1, 0.15) is 58.7 Å². The third kappa shape index (κ3) is 2.36. The summed E-state index contributed by atoms with van der Waals surface area (Å²) in [6.07, 6.45) is 0. The molecule has 0 aliphatic carbocycles. The number of hydrogen-bond donors (Lipinski definition) is 0. The van der Waals surface area contributed by atoms with Gasteiger partial charge in [0.05, 0.1) is 5.41 Å². The highest BCUT2D eigenvalue weighted by molar-refractivity contribution is 5.93. The molecule has 0 atom stereocenters. The van der Waals surface area contributed by atoms with Gasteiger partial charge in [-0.3, -0.25) is 0 Å². The van der Waals surface area contributed by atoms with Crippen molar-refractivity contribution in [3.63, 3.8) is 0 Å². The largest absolute Gasteiger partial charge is 0.212 e. The van der Waals surface area contributed by atoms with E-state index in [0.717, 1.165) is 0 Å². The summed E-state index contributed by atoms with van der Waals surface area (Å²) in [7, 11) is 2.17. The van der Waals surface area contributed by atoms with Gasteiger partial charge in [0, 0.05) is 18.1 Å². The molecule has 0 amide bonds. The van der Waals surface area contributed by atoms with Crippen molar-refractivity contribution in [2.24, 2.45) is 0 Å². The fourth-order valence-corrected chi connectivity index (χ4v) is 2.66. The molecule has 0 spiro atoms. The Labute approximate surface area is 114 Å². The predicted octanol–water partition coefficient (Wildman–Crippen LogP) is 4.99. The highest BCUT2D eigenvalue weighted by Crippen LogP contribution is 2.41. The number of rotatable bonds is 0. The molecule has 0 radical (unpaired) electrons. The Hall–Kier alpha value is -1.11. The average molecular weight is 248 g/mol. The van der Waals surface area contributed by atoms with Crippen molar-refractivity contribution in [3.05, 3.63) is 28.8 Å². The first-order valence-corrected chi connectivity index (χ1v) is 6.55. The third-order valence-corrected chi connectivity index (χ3v) is 3.86. The highest BCUT2D eigenvalue weighted by Gasteiger charge is 2.42. The lowest BCUT2D eigenvalue weighted by Crippen LogP contribution is -2.25. The fraction of sp³-hybridized carbons (Fsp3) is 0.588. The Kier molecular flexibility index (Phi) is 5.34. The van der Waals surface area contributed by atoms with E-state index < -0.39 is 0 Å². The maximum absolute atomic E-state index is 2.34. The van der Waals surface area contributed by atoms with Crippen molar-refractivity contribution < 1.29 is 4.58 Å². The van der Waals surface area contributed by atoms with Gasteiger partial charge >= 0.3 is 0 Å². The molecule has 0 saturated carbocycles. The highest BCUT2D eigenvalue weighted by atomic mass is 15.0. The number of aryl methyl sites for hydroxylation is 2. The topological polar surface area (TPSA) is 3.01 Å². The average Bonchev–Trinajstić information content (AvgIpc) is 2.44. The Morgan fingerprint density at radius 1 is 1.00 bits per heavy atom. The van der Waals surface area contributed by atoms with E-state index in [9.17, 15) is 0 Å². The van der Waals surface area contributed by atoms with Crippen molar-refractivity contribution in [1.82, 2.24) is 0 Å². The molecule has 0 aromatic heterocycles. The first-order chi connectivity index (χ1) is 7.85. The second-order valence-electron chi connectivity index (χ2n) is 5.25. The predicted molar refractivity (Wildman–Crippen MR) is 83.5 cm³/mol. The lowest BCUT2D eigenvalue weighted by Gasteiger charge is -2.15. The van der Waals surface area contributed by atoms with Gasteiger partial charge in [-0.1, -0.05) is 26.8 Å². The number of benzene rings is 1. The van der Waals surface area contributed by atoms with E-state index in [1.807, 2.05) is 13.8 Å². The van der Waals surface area contributed by atoms with Gasteiger partial charge in [0.2, 0.25) is 5.69 Å². The van der Waals surface area contributed by atoms with Crippen molar-refractivity contribution >= 4 is 11.4 Å². The van der Waals surface area contributed by atoms with E-state index in [-0.39, 0.29) is 12.8 Å². The van der Waals surface area contributed by atoms with Crippen LogP contribution < -0.4 is 0 Å². The van der Waals surface area contributed by atoms with Gasteiger partial charge in [-0.15, -0.1) is 0 Å². The summed E-state index contributed by atoms with van der Waals surface area (Å²) in [6.45, 7) is 15.2. The molecular weight excluding hydrogens is 218 g/mol. The fourth-order valence-electron chi connectivity index (χ4n) is 2.66. The molecule has 1 aromatic carbocycles. The summed E-state index contributed by atoms with van der Waals surface area (Å²) < 4.78 is 2.34. The summed E-state index contributed by atoms with van der Waals surface area (Å²) in [5, 5.41) is 0. The van der Waals surface area contributed by atoms with Gasteiger partial charge in [-0.05, 0) is 39.8 Å². The molecule has 2 rings (SSSR count). The molecule has 0 saturated heterocycles. The van der Waals surface area contributed by atoms with Crippen molar-refractivity contribution in [2.75, 3.05) is 7.05 Å². The minimum Gasteiger partial charge on any atom is -0.202 e. The molecule has 0 unspecified atom stereocenters. The van der Waals surface area contributed by atoms with Gasteiger partial charge in [-0.2, -0.15) is 0 Å². The molecule has 1 aliphatic heterocycles. The molecule has 0 N–H and O–H groups in total. The van der Waals surface area contributed by atoms with Crippen LogP contribution in [0.5, 0.6) is 0 Å². The molecule has 18 heavy (non-hydrogen) atoms. The Balaban J connectivity index is 0.000000917. The lowest BCUT2D eigenvalue weighted by molar-refractivity contribution is -0.403. The van der Waals surface area contributed by atoms with Crippen LogP contribution in [-0.2, 0) is 5.41 Å². The van der Waals surface area contributed by atoms with Crippen LogP contribution in [0, 0.1) is 13.8 Å². The van der Waals surface area contributed by atoms with E-state index in [1.165, 1.54) is 28.1 Å². The minimum atomic E-state index is 0. The number of fused-ring (bicyclic) bond motifs is 1. The van der Waals surface area contributed by atoms with Gasteiger partial charge in [0.15, 0.2) is 5.71 Å². The summed E-state index contributed by atoms with van der Waals surface area (Å²) in [5.41, 5.74) is 7.25. The van der Waals surface area contributed by atoms with Crippen LogP contribution in [0.4, 0.5) is 5.69 Å². The summed E-state index contributed by atoms with van der Waals surface area (Å²) >= 11 is 0. The summed E-state index contributed by atoms with van der Waals surface area (Å²) in [5.74, 6) is 0. The second-order valence-corrected chi connectivity index (χ2v) is 5.25. The third-order valence-electron chi connectivity index (χ3n) is 3.86. The van der Waals surface area contributed by atoms with E-state index in [1.54, 1.807) is 0 Å². The Bertz CT molecular complexity index is 465. The molecule has 0 fully saturated rings. The first-order valence-electron chi connectivity index (χ1n) is 6.55. The van der Waals surface area contributed by atoms with Gasteiger partial charge in [0.1, 0.15) is 7.05 Å². The molecular formula is C17H30N+. The van der Waals surface area contributed by atoms with E-state index >= 15 is 0 Å². The number of nitrogens with zero attached hydrogens (tertiary/aromatic N) is 1. The quantitative estimate of drug-likeness (QED) is 0.569. The van der Waals surface area contributed by atoms with Crippen LogP contribution in [0.25, 0.3) is 0 Å². The molecule has 1 heterocycles. The molecule has 1 aromatic rings. The number of hydrogen-bond acceptors (Lipinski definition) is 0. The molecule has 1 nitrogen and oxygen atoms in total. The molecule has 102 valence electrons. The van der Waals surface area contributed by atoms with Crippen LogP contribution in [0.2, 0.25) is 0 Å². The summed E-state index contributed by atoms with van der Waals surface area (Å²) in [6, 6.07) is 4.60. The first kappa shape index (κ1) is 16.9. The Morgan fingerprint density at radius 3 is 2.00 bits per heavy atom. The minimum absolute atomic E-state index is 0. The van der Waals surface area contributed by atoms with E-state index in [2.05, 4.69) is 58.4 Å². The van der Waals surface area contributed by atoms with Crippen molar-refractivity contribution in [3.8, 4) is 0 Å². The van der Waals surface area contributed by atoms with Crippen molar-refractivity contribution in [2.45, 2.75) is 61.3 Å². The van der Waals surface area contributed by atoms with Gasteiger partial charge in [0.25, 0.3) is 0 Å². The van der Waals surface area contributed by atoms with Crippen LogP contribution >= 0.6 is 0 Å². The molecule has 1 heteroatoms. The maximum atomic E-state index is 2.34. The summed E-state index contributed by atoms with van der Waals surface area (Å²) in [4.78, 5) is 0. The molecule has 1 aliphatic rings. The van der Waals surface area contributed by atoms with Crippen LogP contribution in [-0.4, -0.2) is 17.3 Å². The van der Waals surface area contributed by atoms with Crippen LogP contribution in [0.15, 0.2) is 12.1 Å². The van der Waals surface area contributed by atoms with Gasteiger partial charge in [-0.25, -0.2) is 4.58 Å². The zero-order valence-electron chi connectivity index (χ0n) is 12.6. The van der Waals surface area contributed by atoms with E-state index in [4.69, 9.17) is 0 Å². The molecule has 0 bridgehead atoms.